The van der Waals surface area contributed by atoms with Crippen LogP contribution in [0, 0.1) is 5.92 Å². The number of amides is 1. The molecule has 0 aromatic heterocycles. The van der Waals surface area contributed by atoms with Crippen molar-refractivity contribution in [1.29, 1.82) is 0 Å². The smallest absolute Gasteiger partial charge is 0.305 e. The van der Waals surface area contributed by atoms with Gasteiger partial charge in [0.1, 0.15) is 0 Å². The number of fused-ring (bicyclic) bond motifs is 1. The molecule has 1 N–H and O–H groups in total. The summed E-state index contributed by atoms with van der Waals surface area (Å²) in [7, 11) is 4.63. The van der Waals surface area contributed by atoms with Crippen molar-refractivity contribution >= 4 is 11.9 Å². The molecule has 2 unspecified atom stereocenters. The predicted octanol–water partition coefficient (Wildman–Crippen LogP) is 1.89. The normalized spacial score (nSPS) is 17.6. The van der Waals surface area contributed by atoms with Crippen molar-refractivity contribution in [1.82, 2.24) is 4.90 Å². The van der Waals surface area contributed by atoms with E-state index in [0.29, 0.717) is 31.1 Å². The largest absolute Gasteiger partial charge is 0.493 e. The summed E-state index contributed by atoms with van der Waals surface area (Å²) in [4.78, 5) is 25.8. The third-order valence-corrected chi connectivity index (χ3v) is 4.49. The minimum atomic E-state index is -0.954. The molecule has 1 amide bonds. The third-order valence-electron chi connectivity index (χ3n) is 4.49. The van der Waals surface area contributed by atoms with E-state index in [4.69, 9.17) is 14.2 Å². The summed E-state index contributed by atoms with van der Waals surface area (Å²) < 4.78 is 15.7. The summed E-state index contributed by atoms with van der Waals surface area (Å²) in [5, 5.41) is 9.34. The molecule has 0 radical (unpaired) electrons. The Labute approximate surface area is 147 Å². The van der Waals surface area contributed by atoms with E-state index >= 15 is 0 Å². The Morgan fingerprint density at radius 1 is 1.24 bits per heavy atom. The van der Waals surface area contributed by atoms with Crippen LogP contribution in [0.1, 0.15) is 30.5 Å². The molecule has 7 heteroatoms. The fourth-order valence-electron chi connectivity index (χ4n) is 3.28. The second-order valence-corrected chi connectivity index (χ2v) is 6.16. The molecule has 138 valence electrons. The number of rotatable bonds is 7. The molecule has 0 spiro atoms. The lowest BCUT2D eigenvalue weighted by Crippen LogP contribution is -2.44. The molecule has 1 heterocycles. The molecule has 25 heavy (non-hydrogen) atoms. The number of hydrogen-bond donors (Lipinski definition) is 1. The quantitative estimate of drug-likeness (QED) is 0.807. The Balaban J connectivity index is 2.43. The van der Waals surface area contributed by atoms with Crippen molar-refractivity contribution < 1.29 is 28.9 Å². The van der Waals surface area contributed by atoms with Gasteiger partial charge in [0.25, 0.3) is 0 Å². The lowest BCUT2D eigenvalue weighted by molar-refractivity contribution is -0.144. The topological polar surface area (TPSA) is 85.3 Å². The molecule has 0 bridgehead atoms. The van der Waals surface area contributed by atoms with E-state index in [1.165, 1.54) is 7.11 Å². The van der Waals surface area contributed by atoms with Crippen LogP contribution in [0.2, 0.25) is 0 Å². The van der Waals surface area contributed by atoms with Crippen molar-refractivity contribution in [2.75, 3.05) is 34.5 Å². The summed E-state index contributed by atoms with van der Waals surface area (Å²) in [5.74, 6) is -0.264. The Morgan fingerprint density at radius 3 is 2.44 bits per heavy atom. The fourth-order valence-corrected chi connectivity index (χ4v) is 3.28. The monoisotopic (exact) mass is 351 g/mol. The molecule has 1 aliphatic heterocycles. The molecule has 0 fully saturated rings. The van der Waals surface area contributed by atoms with Crippen molar-refractivity contribution in [3.8, 4) is 11.5 Å². The van der Waals surface area contributed by atoms with Crippen molar-refractivity contribution in [2.24, 2.45) is 5.92 Å². The molecule has 1 aliphatic rings. The van der Waals surface area contributed by atoms with Gasteiger partial charge in [-0.15, -0.1) is 0 Å². The van der Waals surface area contributed by atoms with Crippen molar-refractivity contribution in [2.45, 2.75) is 25.8 Å². The van der Waals surface area contributed by atoms with Crippen LogP contribution in [-0.4, -0.2) is 56.4 Å². The van der Waals surface area contributed by atoms with Crippen LogP contribution in [0.5, 0.6) is 11.5 Å². The first-order valence-electron chi connectivity index (χ1n) is 8.18. The van der Waals surface area contributed by atoms with Gasteiger partial charge in [-0.3, -0.25) is 9.59 Å². The summed E-state index contributed by atoms with van der Waals surface area (Å²) in [6, 6.07) is 3.11. The van der Waals surface area contributed by atoms with Crippen molar-refractivity contribution in [3.63, 3.8) is 0 Å². The van der Waals surface area contributed by atoms with Crippen LogP contribution in [-0.2, 0) is 20.7 Å². The van der Waals surface area contributed by atoms with E-state index in [1.807, 2.05) is 6.07 Å². The van der Waals surface area contributed by atoms with Gasteiger partial charge in [-0.05, 0) is 29.7 Å². The average molecular weight is 351 g/mol. The maximum atomic E-state index is 12.8. The highest BCUT2D eigenvalue weighted by Crippen LogP contribution is 2.39. The van der Waals surface area contributed by atoms with Crippen LogP contribution in [0.15, 0.2) is 12.1 Å². The summed E-state index contributed by atoms with van der Waals surface area (Å²) in [6.07, 6.45) is 0.477. The number of nitrogens with zero attached hydrogens (tertiary/aromatic N) is 1. The minimum absolute atomic E-state index is 0.103. The number of carbonyl (C=O) groups is 2. The van der Waals surface area contributed by atoms with E-state index in [1.54, 1.807) is 32.1 Å². The number of hydrogen-bond acceptors (Lipinski definition) is 5. The molecule has 2 rings (SSSR count). The van der Waals surface area contributed by atoms with Crippen LogP contribution < -0.4 is 9.47 Å². The minimum Gasteiger partial charge on any atom is -0.493 e. The van der Waals surface area contributed by atoms with E-state index in [2.05, 4.69) is 0 Å². The second-order valence-electron chi connectivity index (χ2n) is 6.16. The van der Waals surface area contributed by atoms with Gasteiger partial charge in [0.15, 0.2) is 11.5 Å². The number of benzene rings is 1. The standard InChI is InChI=1S/C18H25NO6/c1-11(10-23-2)18(22)19-6-5-12-7-15(24-3)16(25-4)8-13(12)14(19)9-17(20)21/h7-8,11,14H,5-6,9-10H2,1-4H3,(H,20,21). The first-order chi connectivity index (χ1) is 11.9. The molecule has 1 aromatic carbocycles. The molecule has 0 saturated heterocycles. The lowest BCUT2D eigenvalue weighted by Gasteiger charge is -2.38. The van der Waals surface area contributed by atoms with Crippen LogP contribution >= 0.6 is 0 Å². The number of ether oxygens (including phenoxy) is 3. The zero-order chi connectivity index (χ0) is 18.6. The number of carbonyl (C=O) groups excluding carboxylic acids is 1. The van der Waals surface area contributed by atoms with Gasteiger partial charge < -0.3 is 24.2 Å². The molecule has 2 atom stereocenters. The van der Waals surface area contributed by atoms with Gasteiger partial charge in [0.05, 0.1) is 39.2 Å². The highest BCUT2D eigenvalue weighted by Gasteiger charge is 2.35. The molecule has 1 aromatic rings. The third kappa shape index (κ3) is 4.04. The molecular weight excluding hydrogens is 326 g/mol. The molecule has 0 aliphatic carbocycles. The summed E-state index contributed by atoms with van der Waals surface area (Å²) in [6.45, 7) is 2.55. The van der Waals surface area contributed by atoms with Gasteiger partial charge in [0, 0.05) is 13.7 Å². The Kier molecular flexibility index (Phi) is 6.25. The highest BCUT2D eigenvalue weighted by molar-refractivity contribution is 5.80. The first-order valence-corrected chi connectivity index (χ1v) is 8.18. The van der Waals surface area contributed by atoms with Gasteiger partial charge in [-0.25, -0.2) is 0 Å². The van der Waals surface area contributed by atoms with Gasteiger partial charge in [-0.2, -0.15) is 0 Å². The van der Waals surface area contributed by atoms with E-state index in [9.17, 15) is 14.7 Å². The van der Waals surface area contributed by atoms with Crippen molar-refractivity contribution in [3.05, 3.63) is 23.3 Å². The van der Waals surface area contributed by atoms with E-state index in [0.717, 1.165) is 11.1 Å². The molecular formula is C18H25NO6. The Morgan fingerprint density at radius 2 is 1.88 bits per heavy atom. The number of methoxy groups -OCH3 is 3. The lowest BCUT2D eigenvalue weighted by atomic mass is 9.89. The first kappa shape index (κ1) is 19.1. The zero-order valence-corrected chi connectivity index (χ0v) is 15.1. The molecule has 0 saturated carbocycles. The fraction of sp³-hybridized carbons (Fsp3) is 0.556. The van der Waals surface area contributed by atoms with E-state index in [-0.39, 0.29) is 18.2 Å². The van der Waals surface area contributed by atoms with Crippen LogP contribution in [0.4, 0.5) is 0 Å². The maximum absolute atomic E-state index is 12.8. The number of carboxylic acid groups (broad SMARTS) is 1. The van der Waals surface area contributed by atoms with Gasteiger partial charge in [0.2, 0.25) is 5.91 Å². The SMILES string of the molecule is COCC(C)C(=O)N1CCc2cc(OC)c(OC)cc2C1CC(=O)O. The summed E-state index contributed by atoms with van der Waals surface area (Å²) >= 11 is 0. The van der Waals surface area contributed by atoms with Crippen LogP contribution in [0.3, 0.4) is 0 Å². The predicted molar refractivity (Wildman–Crippen MR) is 91.0 cm³/mol. The maximum Gasteiger partial charge on any atom is 0.305 e. The summed E-state index contributed by atoms with van der Waals surface area (Å²) in [5.41, 5.74) is 1.77. The highest BCUT2D eigenvalue weighted by atomic mass is 16.5. The van der Waals surface area contributed by atoms with Gasteiger partial charge in [-0.1, -0.05) is 6.92 Å². The van der Waals surface area contributed by atoms with E-state index < -0.39 is 12.0 Å². The Bertz CT molecular complexity index is 645. The van der Waals surface area contributed by atoms with Gasteiger partial charge >= 0.3 is 5.97 Å². The second kappa shape index (κ2) is 8.20. The number of aliphatic carboxylic acids is 1. The number of carboxylic acids is 1. The average Bonchev–Trinajstić information content (AvgIpc) is 2.60. The Hall–Kier alpha value is -2.28. The zero-order valence-electron chi connectivity index (χ0n) is 15.1. The molecule has 7 nitrogen and oxygen atoms in total. The van der Waals surface area contributed by atoms with Crippen LogP contribution in [0.25, 0.3) is 0 Å².